The van der Waals surface area contributed by atoms with Crippen LogP contribution in [0.25, 0.3) is 20.7 Å². The zero-order valence-electron chi connectivity index (χ0n) is 18.1. The van der Waals surface area contributed by atoms with E-state index < -0.39 is 0 Å². The summed E-state index contributed by atoms with van der Waals surface area (Å²) < 4.78 is 0. The van der Waals surface area contributed by atoms with Gasteiger partial charge in [-0.2, -0.15) is 0 Å². The van der Waals surface area contributed by atoms with E-state index in [0.29, 0.717) is 28.8 Å². The Bertz CT molecular complexity index is 1030. The Morgan fingerprint density at radius 2 is 1.87 bits per heavy atom. The van der Waals surface area contributed by atoms with Crippen molar-refractivity contribution in [3.05, 3.63) is 39.1 Å². The predicted molar refractivity (Wildman–Crippen MR) is 131 cm³/mol. The fraction of sp³-hybridized carbons (Fsp3) is 0.500. The number of carbonyl (C=O) groups is 1. The first kappa shape index (κ1) is 23.0. The van der Waals surface area contributed by atoms with Gasteiger partial charge in [-0.05, 0) is 30.2 Å². The maximum Gasteiger partial charge on any atom is 0.260 e. The Hall–Kier alpha value is -1.64. The van der Waals surface area contributed by atoms with Crippen LogP contribution in [0.5, 0.6) is 0 Å². The number of carbonyl (C=O) groups excluding carboxylic acids is 1. The maximum absolute atomic E-state index is 12.8. The lowest BCUT2D eigenvalue weighted by molar-refractivity contribution is -0.129. The van der Waals surface area contributed by atoms with Crippen molar-refractivity contribution in [3.8, 4) is 10.4 Å². The molecule has 0 aliphatic rings. The van der Waals surface area contributed by atoms with Crippen LogP contribution in [-0.4, -0.2) is 39.6 Å². The number of H-pyrrole nitrogens is 1. The molecule has 0 spiro atoms. The van der Waals surface area contributed by atoms with E-state index in [4.69, 9.17) is 4.98 Å². The van der Waals surface area contributed by atoms with E-state index in [1.807, 2.05) is 34.7 Å². The fourth-order valence-electron chi connectivity index (χ4n) is 3.30. The molecule has 0 saturated heterocycles. The third-order valence-corrected chi connectivity index (χ3v) is 7.53. The van der Waals surface area contributed by atoms with Gasteiger partial charge in [0.25, 0.3) is 5.56 Å². The summed E-state index contributed by atoms with van der Waals surface area (Å²) in [7, 11) is 0. The molecule has 0 aliphatic carbocycles. The normalized spacial score (nSPS) is 12.8. The molecule has 8 heteroatoms. The highest BCUT2D eigenvalue weighted by Gasteiger charge is 2.20. The molecule has 30 heavy (non-hydrogen) atoms. The Balaban J connectivity index is 1.73. The largest absolute Gasteiger partial charge is 0.341 e. The third-order valence-electron chi connectivity index (χ3n) is 4.61. The van der Waals surface area contributed by atoms with E-state index in [-0.39, 0.29) is 16.7 Å². The molecule has 3 heterocycles. The molecule has 5 nitrogen and oxygen atoms in total. The Morgan fingerprint density at radius 3 is 2.47 bits per heavy atom. The molecule has 0 saturated carbocycles. The van der Waals surface area contributed by atoms with E-state index in [1.165, 1.54) is 23.1 Å². The van der Waals surface area contributed by atoms with Crippen molar-refractivity contribution >= 4 is 50.6 Å². The molecular weight excluding hydrogens is 434 g/mol. The predicted octanol–water partition coefficient (Wildman–Crippen LogP) is 5.65. The summed E-state index contributed by atoms with van der Waals surface area (Å²) in [6.07, 6.45) is 0. The molecule has 0 radical (unpaired) electrons. The summed E-state index contributed by atoms with van der Waals surface area (Å²) in [6.45, 7) is 12.1. The Labute approximate surface area is 189 Å². The molecule has 3 aromatic rings. The first-order chi connectivity index (χ1) is 14.3. The average molecular weight is 464 g/mol. The number of amides is 1. The lowest BCUT2D eigenvalue weighted by Gasteiger charge is -2.26. The van der Waals surface area contributed by atoms with Crippen molar-refractivity contribution in [2.75, 3.05) is 18.8 Å². The number of nitrogens with zero attached hydrogens (tertiary/aromatic N) is 2. The Kier molecular flexibility index (Phi) is 7.76. The molecule has 3 aromatic heterocycles. The van der Waals surface area contributed by atoms with Gasteiger partial charge in [0.15, 0.2) is 0 Å². The highest BCUT2D eigenvalue weighted by molar-refractivity contribution is 8.00. The van der Waals surface area contributed by atoms with Crippen LogP contribution >= 0.6 is 34.4 Å². The van der Waals surface area contributed by atoms with Gasteiger partial charge in [0, 0.05) is 28.9 Å². The molecule has 3 rings (SSSR count). The number of nitrogens with one attached hydrogen (secondary N) is 1. The zero-order valence-corrected chi connectivity index (χ0v) is 20.5. The second-order valence-electron chi connectivity index (χ2n) is 8.30. The van der Waals surface area contributed by atoms with Gasteiger partial charge in [-0.15, -0.1) is 34.4 Å². The quantitative estimate of drug-likeness (QED) is 0.445. The van der Waals surface area contributed by atoms with E-state index >= 15 is 0 Å². The maximum atomic E-state index is 12.8. The molecule has 0 unspecified atom stereocenters. The number of aromatic nitrogens is 2. The minimum absolute atomic E-state index is 0.0710. The molecule has 0 aromatic carbocycles. The van der Waals surface area contributed by atoms with Crippen molar-refractivity contribution in [3.63, 3.8) is 0 Å². The highest BCUT2D eigenvalue weighted by atomic mass is 32.2. The lowest BCUT2D eigenvalue weighted by atomic mass is 10.1. The minimum Gasteiger partial charge on any atom is -0.341 e. The van der Waals surface area contributed by atoms with Crippen molar-refractivity contribution < 1.29 is 4.79 Å². The van der Waals surface area contributed by atoms with Crippen LogP contribution in [0, 0.1) is 11.8 Å². The average Bonchev–Trinajstić information content (AvgIpc) is 3.33. The topological polar surface area (TPSA) is 66.1 Å². The first-order valence-electron chi connectivity index (χ1n) is 10.2. The van der Waals surface area contributed by atoms with Crippen LogP contribution in [0.2, 0.25) is 0 Å². The van der Waals surface area contributed by atoms with E-state index in [0.717, 1.165) is 28.4 Å². The van der Waals surface area contributed by atoms with E-state index in [1.54, 1.807) is 11.3 Å². The molecule has 1 atom stereocenters. The van der Waals surface area contributed by atoms with Gasteiger partial charge in [-0.1, -0.05) is 33.8 Å². The summed E-state index contributed by atoms with van der Waals surface area (Å²) >= 11 is 4.63. The summed E-state index contributed by atoms with van der Waals surface area (Å²) in [5.41, 5.74) is 0.832. The summed E-state index contributed by atoms with van der Waals surface area (Å²) in [6, 6.07) is 4.00. The van der Waals surface area contributed by atoms with Crippen LogP contribution in [0.1, 0.15) is 45.7 Å². The summed E-state index contributed by atoms with van der Waals surface area (Å²) in [5.74, 6) is 2.03. The van der Waals surface area contributed by atoms with Crippen molar-refractivity contribution in [2.45, 2.75) is 39.9 Å². The van der Waals surface area contributed by atoms with Gasteiger partial charge < -0.3 is 9.88 Å². The molecule has 1 amide bonds. The summed E-state index contributed by atoms with van der Waals surface area (Å²) in [4.78, 5) is 37.0. The van der Waals surface area contributed by atoms with E-state index in [9.17, 15) is 9.59 Å². The Morgan fingerprint density at radius 1 is 1.17 bits per heavy atom. The zero-order chi connectivity index (χ0) is 21.8. The van der Waals surface area contributed by atoms with Crippen molar-refractivity contribution in [2.24, 2.45) is 11.8 Å². The van der Waals surface area contributed by atoms with Crippen molar-refractivity contribution in [1.82, 2.24) is 14.9 Å². The van der Waals surface area contributed by atoms with Crippen LogP contribution in [0.15, 0.2) is 27.7 Å². The van der Waals surface area contributed by atoms with Crippen LogP contribution < -0.4 is 5.56 Å². The fourth-order valence-corrected chi connectivity index (χ4v) is 5.91. The molecular formula is C22H29N3O2S3. The van der Waals surface area contributed by atoms with Gasteiger partial charge >= 0.3 is 0 Å². The molecule has 1 N–H and O–H groups in total. The number of fused-ring (bicyclic) bond motifs is 1. The highest BCUT2D eigenvalue weighted by Crippen LogP contribution is 2.34. The number of thioether (sulfide) groups is 1. The van der Waals surface area contributed by atoms with Gasteiger partial charge in [-0.3, -0.25) is 9.59 Å². The molecule has 0 bridgehead atoms. The third kappa shape index (κ3) is 5.53. The van der Waals surface area contributed by atoms with Gasteiger partial charge in [0.2, 0.25) is 5.91 Å². The number of rotatable bonds is 9. The number of thiophene rings is 2. The van der Waals surface area contributed by atoms with Crippen LogP contribution in [-0.2, 0) is 4.79 Å². The summed E-state index contributed by atoms with van der Waals surface area (Å²) in [5, 5.41) is 4.59. The monoisotopic (exact) mass is 463 g/mol. The van der Waals surface area contributed by atoms with Gasteiger partial charge in [0.05, 0.1) is 16.4 Å². The standard InChI is InChI=1S/C22H29N3O2S3/c1-13(2)9-25(10-14(3)4)18(26)12-29-15(5)20-23-21(27)19-16(11-30-22(19)24-20)17-7-6-8-28-17/h6-8,11,13-15H,9-10,12H2,1-5H3,(H,23,24,27)/t15-/m0/s1. The van der Waals surface area contributed by atoms with Gasteiger partial charge in [0.1, 0.15) is 10.7 Å². The van der Waals surface area contributed by atoms with Gasteiger partial charge in [-0.25, -0.2) is 4.98 Å². The van der Waals surface area contributed by atoms with E-state index in [2.05, 4.69) is 32.7 Å². The number of hydrogen-bond acceptors (Lipinski definition) is 6. The molecule has 162 valence electrons. The van der Waals surface area contributed by atoms with Crippen molar-refractivity contribution in [1.29, 1.82) is 0 Å². The molecule has 0 fully saturated rings. The minimum atomic E-state index is -0.111. The number of hydrogen-bond donors (Lipinski definition) is 1. The number of aromatic amines is 1. The smallest absolute Gasteiger partial charge is 0.260 e. The second kappa shape index (κ2) is 10.1. The van der Waals surface area contributed by atoms with Crippen LogP contribution in [0.3, 0.4) is 0 Å². The SMILES string of the molecule is CC(C)CN(CC(C)C)C(=O)CS[C@@H](C)c1nc2scc(-c3cccs3)c2c(=O)[nH]1. The van der Waals surface area contributed by atoms with Crippen LogP contribution in [0.4, 0.5) is 0 Å². The molecule has 0 aliphatic heterocycles. The first-order valence-corrected chi connectivity index (χ1v) is 13.0. The second-order valence-corrected chi connectivity index (χ2v) is 11.4. The lowest BCUT2D eigenvalue weighted by Crippen LogP contribution is -2.38.